The smallest absolute Gasteiger partial charge is 0.439 e. The summed E-state index contributed by atoms with van der Waals surface area (Å²) in [4.78, 5) is 4.03. The number of nitrogens with two attached hydrogens (primary N) is 1. The Hall–Kier alpha value is -1.80. The van der Waals surface area contributed by atoms with Gasteiger partial charge in [0.1, 0.15) is 11.5 Å². The fourth-order valence-electron chi connectivity index (χ4n) is 1.47. The molecule has 0 bridgehead atoms. The summed E-state index contributed by atoms with van der Waals surface area (Å²) < 4.78 is 45.8. The molecule has 0 aliphatic carbocycles. The summed E-state index contributed by atoms with van der Waals surface area (Å²) in [5.74, 6) is 0.286. The van der Waals surface area contributed by atoms with Gasteiger partial charge in [-0.1, -0.05) is 6.07 Å². The van der Waals surface area contributed by atoms with Gasteiger partial charge in [0.05, 0.1) is 4.47 Å². The Morgan fingerprint density at radius 3 is 2.48 bits per heavy atom. The molecule has 0 unspecified atom stereocenters. The second kappa shape index (κ2) is 6.31. The quantitative estimate of drug-likeness (QED) is 0.893. The zero-order valence-electron chi connectivity index (χ0n) is 10.5. The molecule has 0 spiro atoms. The molecule has 2 N–H and O–H groups in total. The second-order valence-corrected chi connectivity index (χ2v) is 4.81. The van der Waals surface area contributed by atoms with E-state index in [1.165, 1.54) is 12.1 Å². The molecule has 0 aliphatic rings. The molecule has 0 fully saturated rings. The molecule has 2 aromatic rings. The highest BCUT2D eigenvalue weighted by Gasteiger charge is 2.32. The minimum absolute atomic E-state index is 0.121. The molecule has 21 heavy (non-hydrogen) atoms. The summed E-state index contributed by atoms with van der Waals surface area (Å²) in [5.41, 5.74) is 6.29. The molecule has 0 radical (unpaired) electrons. The number of halogens is 4. The van der Waals surface area contributed by atoms with Crippen molar-refractivity contribution in [1.29, 1.82) is 0 Å². The third-order valence-electron chi connectivity index (χ3n) is 2.38. The van der Waals surface area contributed by atoms with Gasteiger partial charge in [0.15, 0.2) is 0 Å². The van der Waals surface area contributed by atoms with E-state index < -0.39 is 6.36 Å². The van der Waals surface area contributed by atoms with Crippen LogP contribution in [0.15, 0.2) is 41.0 Å². The van der Waals surface area contributed by atoms with Gasteiger partial charge < -0.3 is 15.2 Å². The van der Waals surface area contributed by atoms with Crippen LogP contribution in [0.25, 0.3) is 0 Å². The lowest BCUT2D eigenvalue weighted by Crippen LogP contribution is -2.17. The van der Waals surface area contributed by atoms with E-state index in [9.17, 15) is 13.2 Å². The summed E-state index contributed by atoms with van der Waals surface area (Å²) in [7, 11) is 0. The van der Waals surface area contributed by atoms with Crippen LogP contribution in [0.2, 0.25) is 0 Å². The van der Waals surface area contributed by atoms with E-state index in [4.69, 9.17) is 10.5 Å². The Kier molecular flexibility index (Phi) is 4.69. The predicted molar refractivity (Wildman–Crippen MR) is 73.0 cm³/mol. The third kappa shape index (κ3) is 4.61. The lowest BCUT2D eigenvalue weighted by molar-refractivity contribution is -0.274. The molecule has 112 valence electrons. The van der Waals surface area contributed by atoms with Crippen molar-refractivity contribution < 1.29 is 22.6 Å². The fourth-order valence-corrected chi connectivity index (χ4v) is 1.90. The number of hydrogen-bond acceptors (Lipinski definition) is 4. The van der Waals surface area contributed by atoms with Crippen LogP contribution >= 0.6 is 15.9 Å². The maximum atomic E-state index is 12.1. The van der Waals surface area contributed by atoms with Crippen molar-refractivity contribution in [2.75, 3.05) is 0 Å². The number of ether oxygens (including phenoxy) is 2. The van der Waals surface area contributed by atoms with Crippen LogP contribution in [0.1, 0.15) is 5.56 Å². The van der Waals surface area contributed by atoms with E-state index in [0.717, 1.165) is 11.6 Å². The van der Waals surface area contributed by atoms with Crippen LogP contribution in [-0.4, -0.2) is 11.3 Å². The predicted octanol–water partition coefficient (Wildman–Crippen LogP) is 3.99. The van der Waals surface area contributed by atoms with Gasteiger partial charge in [-0.15, -0.1) is 13.2 Å². The molecule has 1 aromatic carbocycles. The van der Waals surface area contributed by atoms with Gasteiger partial charge in [-0.05, 0) is 39.7 Å². The first-order valence-electron chi connectivity index (χ1n) is 5.75. The zero-order valence-corrected chi connectivity index (χ0v) is 12.1. The van der Waals surface area contributed by atoms with E-state index >= 15 is 0 Å². The lowest BCUT2D eigenvalue weighted by Gasteiger charge is -2.11. The minimum Gasteiger partial charge on any atom is -0.439 e. The van der Waals surface area contributed by atoms with Gasteiger partial charge in [-0.25, -0.2) is 4.98 Å². The molecule has 0 saturated heterocycles. The van der Waals surface area contributed by atoms with Crippen molar-refractivity contribution in [3.05, 3.63) is 46.6 Å². The number of nitrogens with zero attached hydrogens (tertiary/aromatic N) is 1. The highest BCUT2D eigenvalue weighted by Crippen LogP contribution is 2.34. The highest BCUT2D eigenvalue weighted by molar-refractivity contribution is 9.10. The molecule has 1 aromatic heterocycles. The summed E-state index contributed by atoms with van der Waals surface area (Å²) in [5, 5.41) is 0. The van der Waals surface area contributed by atoms with Crippen LogP contribution in [-0.2, 0) is 6.54 Å². The molecule has 8 heteroatoms. The second-order valence-electron chi connectivity index (χ2n) is 3.95. The van der Waals surface area contributed by atoms with E-state index in [1.54, 1.807) is 18.3 Å². The maximum absolute atomic E-state index is 12.1. The van der Waals surface area contributed by atoms with Crippen LogP contribution in [0, 0.1) is 0 Å². The lowest BCUT2D eigenvalue weighted by atomic mass is 10.3. The Morgan fingerprint density at radius 2 is 1.95 bits per heavy atom. The average molecular weight is 363 g/mol. The number of hydrogen-bond donors (Lipinski definition) is 1. The van der Waals surface area contributed by atoms with Crippen molar-refractivity contribution in [1.82, 2.24) is 4.98 Å². The minimum atomic E-state index is -4.75. The first-order valence-corrected chi connectivity index (χ1v) is 6.55. The van der Waals surface area contributed by atoms with E-state index in [0.29, 0.717) is 18.2 Å². The van der Waals surface area contributed by atoms with Crippen molar-refractivity contribution in [2.24, 2.45) is 5.73 Å². The number of benzene rings is 1. The molecule has 0 saturated carbocycles. The SMILES string of the molecule is NCc1ccc(Oc2ccc(OC(F)(F)F)c(Br)c2)nc1. The van der Waals surface area contributed by atoms with Gasteiger partial charge in [0.25, 0.3) is 0 Å². The Labute approximate surface area is 126 Å². The van der Waals surface area contributed by atoms with Crippen molar-refractivity contribution >= 4 is 15.9 Å². The van der Waals surface area contributed by atoms with Crippen molar-refractivity contribution in [3.63, 3.8) is 0 Å². The summed E-state index contributed by atoms with van der Waals surface area (Å²) in [6.07, 6.45) is -3.18. The number of pyridine rings is 1. The molecule has 4 nitrogen and oxygen atoms in total. The van der Waals surface area contributed by atoms with Gasteiger partial charge >= 0.3 is 6.36 Å². The molecule has 0 amide bonds. The van der Waals surface area contributed by atoms with Crippen molar-refractivity contribution in [2.45, 2.75) is 12.9 Å². The van der Waals surface area contributed by atoms with E-state index in [2.05, 4.69) is 25.7 Å². The molecule has 2 rings (SSSR count). The standard InChI is InChI=1S/C13H10BrF3N2O2/c14-10-5-9(2-3-11(10)21-13(15,16)17)20-12-4-1-8(6-18)7-19-12/h1-5,7H,6,18H2. The molecular weight excluding hydrogens is 353 g/mol. The van der Waals surface area contributed by atoms with Crippen molar-refractivity contribution in [3.8, 4) is 17.4 Å². The normalized spacial score (nSPS) is 11.3. The van der Waals surface area contributed by atoms with Gasteiger partial charge in [-0.3, -0.25) is 0 Å². The molecular formula is C13H10BrF3N2O2. The highest BCUT2D eigenvalue weighted by atomic mass is 79.9. The Morgan fingerprint density at radius 1 is 1.19 bits per heavy atom. The maximum Gasteiger partial charge on any atom is 0.573 e. The van der Waals surface area contributed by atoms with Crippen LogP contribution in [0.4, 0.5) is 13.2 Å². The molecule has 0 atom stereocenters. The monoisotopic (exact) mass is 362 g/mol. The topological polar surface area (TPSA) is 57.4 Å². The summed E-state index contributed by atoms with van der Waals surface area (Å²) >= 11 is 2.99. The largest absolute Gasteiger partial charge is 0.573 e. The first kappa shape index (κ1) is 15.6. The van der Waals surface area contributed by atoms with Gasteiger partial charge in [-0.2, -0.15) is 0 Å². The van der Waals surface area contributed by atoms with Gasteiger partial charge in [0.2, 0.25) is 5.88 Å². The van der Waals surface area contributed by atoms with E-state index in [1.807, 2.05) is 0 Å². The van der Waals surface area contributed by atoms with E-state index in [-0.39, 0.29) is 10.2 Å². The molecule has 0 aliphatic heterocycles. The molecule has 1 heterocycles. The fraction of sp³-hybridized carbons (Fsp3) is 0.154. The third-order valence-corrected chi connectivity index (χ3v) is 3.00. The number of aromatic nitrogens is 1. The summed E-state index contributed by atoms with van der Waals surface area (Å²) in [6, 6.07) is 7.24. The number of rotatable bonds is 4. The van der Waals surface area contributed by atoms with Crippen LogP contribution in [0.3, 0.4) is 0 Å². The van der Waals surface area contributed by atoms with Crippen LogP contribution < -0.4 is 15.2 Å². The Balaban J connectivity index is 2.12. The first-order chi connectivity index (χ1) is 9.87. The van der Waals surface area contributed by atoms with Gasteiger partial charge in [0, 0.05) is 18.8 Å². The average Bonchev–Trinajstić information content (AvgIpc) is 2.41. The Bertz CT molecular complexity index is 618. The summed E-state index contributed by atoms with van der Waals surface area (Å²) in [6.45, 7) is 0.363. The zero-order chi connectivity index (χ0) is 15.5. The van der Waals surface area contributed by atoms with Crippen LogP contribution in [0.5, 0.6) is 17.4 Å². The number of alkyl halides is 3.